The topological polar surface area (TPSA) is 60.5 Å². The van der Waals surface area contributed by atoms with Crippen LogP contribution in [0.2, 0.25) is 0 Å². The van der Waals surface area contributed by atoms with Gasteiger partial charge in [0.25, 0.3) is 0 Å². The van der Waals surface area contributed by atoms with Gasteiger partial charge in [0.1, 0.15) is 5.01 Å². The summed E-state index contributed by atoms with van der Waals surface area (Å²) in [4.78, 5) is 18.0. The van der Waals surface area contributed by atoms with Gasteiger partial charge in [0.15, 0.2) is 11.5 Å². The molecule has 2 aromatic heterocycles. The van der Waals surface area contributed by atoms with Crippen LogP contribution in [0, 0.1) is 0 Å². The van der Waals surface area contributed by atoms with Gasteiger partial charge in [0.05, 0.1) is 32.4 Å². The van der Waals surface area contributed by atoms with Crippen molar-refractivity contribution in [1.82, 2.24) is 10.3 Å². The SMILES string of the molecule is COc1ccc(-c2nc(CC(=O)N[C@@H](C)c3cccs3)cs2)cc1OC. The highest BCUT2D eigenvalue weighted by atomic mass is 32.1. The first kappa shape index (κ1) is 18.4. The second kappa shape index (κ2) is 8.33. The van der Waals surface area contributed by atoms with E-state index in [-0.39, 0.29) is 18.4 Å². The molecule has 136 valence electrons. The molecule has 26 heavy (non-hydrogen) atoms. The number of hydrogen-bond acceptors (Lipinski definition) is 6. The van der Waals surface area contributed by atoms with Crippen molar-refractivity contribution in [1.29, 1.82) is 0 Å². The molecule has 0 unspecified atom stereocenters. The largest absolute Gasteiger partial charge is 0.493 e. The minimum absolute atomic E-state index is 0.00598. The molecule has 1 amide bonds. The van der Waals surface area contributed by atoms with Crippen molar-refractivity contribution in [2.45, 2.75) is 19.4 Å². The molecule has 0 radical (unpaired) electrons. The summed E-state index contributed by atoms with van der Waals surface area (Å²) in [7, 11) is 3.21. The molecule has 3 rings (SSSR count). The summed E-state index contributed by atoms with van der Waals surface area (Å²) in [6, 6.07) is 9.69. The Bertz CT molecular complexity index is 875. The van der Waals surface area contributed by atoms with Gasteiger partial charge < -0.3 is 14.8 Å². The molecule has 3 aromatic rings. The van der Waals surface area contributed by atoms with Gasteiger partial charge in [-0.15, -0.1) is 22.7 Å². The third-order valence-electron chi connectivity index (χ3n) is 3.87. The molecule has 0 bridgehead atoms. The van der Waals surface area contributed by atoms with Crippen LogP contribution in [0.3, 0.4) is 0 Å². The summed E-state index contributed by atoms with van der Waals surface area (Å²) >= 11 is 3.15. The van der Waals surface area contributed by atoms with Crippen molar-refractivity contribution >= 4 is 28.6 Å². The van der Waals surface area contributed by atoms with Crippen LogP contribution >= 0.6 is 22.7 Å². The predicted octanol–water partition coefficient (Wildman–Crippen LogP) is 4.31. The summed E-state index contributed by atoms with van der Waals surface area (Å²) in [5, 5.41) is 7.79. The van der Waals surface area contributed by atoms with Gasteiger partial charge >= 0.3 is 0 Å². The van der Waals surface area contributed by atoms with E-state index in [2.05, 4.69) is 10.3 Å². The highest BCUT2D eigenvalue weighted by molar-refractivity contribution is 7.13. The molecule has 0 saturated heterocycles. The molecule has 0 fully saturated rings. The fraction of sp³-hybridized carbons (Fsp3) is 0.263. The number of hydrogen-bond donors (Lipinski definition) is 1. The molecule has 1 aromatic carbocycles. The van der Waals surface area contributed by atoms with Crippen molar-refractivity contribution in [3.05, 3.63) is 51.7 Å². The zero-order valence-electron chi connectivity index (χ0n) is 14.8. The van der Waals surface area contributed by atoms with E-state index in [0.717, 1.165) is 21.1 Å². The molecule has 0 saturated carbocycles. The zero-order chi connectivity index (χ0) is 18.5. The average molecular weight is 389 g/mol. The molecule has 1 atom stereocenters. The Hall–Kier alpha value is -2.38. The molecule has 5 nitrogen and oxygen atoms in total. The molecular formula is C19H20N2O3S2. The first-order chi connectivity index (χ1) is 12.6. The van der Waals surface area contributed by atoms with E-state index >= 15 is 0 Å². The lowest BCUT2D eigenvalue weighted by Crippen LogP contribution is -2.27. The number of ether oxygens (including phenoxy) is 2. The van der Waals surface area contributed by atoms with Crippen LogP contribution in [-0.2, 0) is 11.2 Å². The first-order valence-electron chi connectivity index (χ1n) is 8.10. The van der Waals surface area contributed by atoms with Crippen LogP contribution in [-0.4, -0.2) is 25.1 Å². The number of amides is 1. The third kappa shape index (κ3) is 4.23. The van der Waals surface area contributed by atoms with Gasteiger partial charge in [0.2, 0.25) is 5.91 Å². The Morgan fingerprint density at radius 3 is 2.69 bits per heavy atom. The van der Waals surface area contributed by atoms with Crippen LogP contribution in [0.25, 0.3) is 10.6 Å². The van der Waals surface area contributed by atoms with Gasteiger partial charge in [-0.25, -0.2) is 4.98 Å². The van der Waals surface area contributed by atoms with Crippen molar-refractivity contribution in [2.75, 3.05) is 14.2 Å². The normalized spacial score (nSPS) is 11.8. The summed E-state index contributed by atoms with van der Waals surface area (Å²) in [5.41, 5.74) is 1.70. The number of benzene rings is 1. The van der Waals surface area contributed by atoms with Crippen molar-refractivity contribution in [2.24, 2.45) is 0 Å². The fourth-order valence-electron chi connectivity index (χ4n) is 2.56. The smallest absolute Gasteiger partial charge is 0.226 e. The van der Waals surface area contributed by atoms with Crippen LogP contribution in [0.5, 0.6) is 11.5 Å². The van der Waals surface area contributed by atoms with E-state index in [1.807, 2.05) is 48.0 Å². The lowest BCUT2D eigenvalue weighted by atomic mass is 10.2. The minimum atomic E-state index is -0.0324. The maximum Gasteiger partial charge on any atom is 0.226 e. The van der Waals surface area contributed by atoms with Gasteiger partial charge in [-0.05, 0) is 36.6 Å². The number of rotatable bonds is 7. The van der Waals surface area contributed by atoms with E-state index in [1.165, 1.54) is 11.3 Å². The highest BCUT2D eigenvalue weighted by Crippen LogP contribution is 2.33. The number of aromatic nitrogens is 1. The Balaban J connectivity index is 1.67. The molecule has 0 spiro atoms. The van der Waals surface area contributed by atoms with Gasteiger partial charge in [-0.2, -0.15) is 0 Å². The number of carbonyl (C=O) groups excluding carboxylic acids is 1. The highest BCUT2D eigenvalue weighted by Gasteiger charge is 2.14. The molecule has 0 aliphatic heterocycles. The van der Waals surface area contributed by atoms with E-state index < -0.39 is 0 Å². The minimum Gasteiger partial charge on any atom is -0.493 e. The monoisotopic (exact) mass is 388 g/mol. The predicted molar refractivity (Wildman–Crippen MR) is 105 cm³/mol. The number of nitrogens with one attached hydrogen (secondary N) is 1. The molecule has 2 heterocycles. The Morgan fingerprint density at radius 1 is 1.19 bits per heavy atom. The standard InChI is InChI=1S/C19H20N2O3S2/c1-12(17-5-4-8-25-17)20-18(22)10-14-11-26-19(21-14)13-6-7-15(23-2)16(9-13)24-3/h4-9,11-12H,10H2,1-3H3,(H,20,22)/t12-/m0/s1. The maximum absolute atomic E-state index is 12.3. The summed E-state index contributed by atoms with van der Waals surface area (Å²) in [6.45, 7) is 1.99. The molecule has 7 heteroatoms. The zero-order valence-corrected chi connectivity index (χ0v) is 16.4. The average Bonchev–Trinajstić information content (AvgIpc) is 3.33. The van der Waals surface area contributed by atoms with Crippen LogP contribution in [0.15, 0.2) is 41.1 Å². The number of carbonyl (C=O) groups is 1. The van der Waals surface area contributed by atoms with Crippen LogP contribution in [0.1, 0.15) is 23.5 Å². The van der Waals surface area contributed by atoms with E-state index in [4.69, 9.17) is 9.47 Å². The van der Waals surface area contributed by atoms with Crippen LogP contribution < -0.4 is 14.8 Å². The lowest BCUT2D eigenvalue weighted by molar-refractivity contribution is -0.121. The van der Waals surface area contributed by atoms with Gasteiger partial charge in [-0.3, -0.25) is 4.79 Å². The number of thiazole rings is 1. The molecule has 0 aliphatic carbocycles. The second-order valence-electron chi connectivity index (χ2n) is 5.70. The Morgan fingerprint density at radius 2 is 2.00 bits per heavy atom. The number of nitrogens with zero attached hydrogens (tertiary/aromatic N) is 1. The van der Waals surface area contributed by atoms with E-state index in [1.54, 1.807) is 25.6 Å². The number of methoxy groups -OCH3 is 2. The maximum atomic E-state index is 12.3. The molecule has 0 aliphatic rings. The fourth-order valence-corrected chi connectivity index (χ4v) is 4.11. The van der Waals surface area contributed by atoms with Gasteiger partial charge in [0, 0.05) is 15.8 Å². The summed E-state index contributed by atoms with van der Waals surface area (Å²) in [5.74, 6) is 1.30. The van der Waals surface area contributed by atoms with Crippen molar-refractivity contribution in [3.8, 4) is 22.1 Å². The summed E-state index contributed by atoms with van der Waals surface area (Å²) in [6.07, 6.45) is 0.263. The van der Waals surface area contributed by atoms with E-state index in [9.17, 15) is 4.79 Å². The Kier molecular flexibility index (Phi) is 5.90. The first-order valence-corrected chi connectivity index (χ1v) is 9.86. The van der Waals surface area contributed by atoms with Crippen LogP contribution in [0.4, 0.5) is 0 Å². The third-order valence-corrected chi connectivity index (χ3v) is 5.87. The van der Waals surface area contributed by atoms with E-state index in [0.29, 0.717) is 11.5 Å². The summed E-state index contributed by atoms with van der Waals surface area (Å²) < 4.78 is 10.6. The van der Waals surface area contributed by atoms with Crippen molar-refractivity contribution < 1.29 is 14.3 Å². The molecule has 1 N–H and O–H groups in total. The number of thiophene rings is 1. The quantitative estimate of drug-likeness (QED) is 0.655. The van der Waals surface area contributed by atoms with Crippen molar-refractivity contribution in [3.63, 3.8) is 0 Å². The molecular weight excluding hydrogens is 368 g/mol. The second-order valence-corrected chi connectivity index (χ2v) is 7.53. The lowest BCUT2D eigenvalue weighted by Gasteiger charge is -2.11. The Labute approximate surface area is 160 Å². The van der Waals surface area contributed by atoms with Gasteiger partial charge in [-0.1, -0.05) is 6.07 Å².